The molecule has 0 aromatic rings. The zero-order valence-corrected chi connectivity index (χ0v) is 19.6. The lowest BCUT2D eigenvalue weighted by molar-refractivity contribution is -0.143. The average Bonchev–Trinajstić information content (AvgIpc) is 2.71. The second-order valence-corrected chi connectivity index (χ2v) is 8.43. The molecule has 14 nitrogen and oxygen atoms in total. The van der Waals surface area contributed by atoms with Crippen LogP contribution < -0.4 is 33.2 Å². The summed E-state index contributed by atoms with van der Waals surface area (Å²) in [6.07, 6.45) is -2.01. The van der Waals surface area contributed by atoms with Crippen molar-refractivity contribution in [2.75, 3.05) is 0 Å². The Kier molecular flexibility index (Phi) is 13.4. The number of nitrogens with two attached hydrogens (primary N) is 3. The number of carbonyl (C=O) groups excluding carboxylic acids is 5. The highest BCUT2D eigenvalue weighted by Gasteiger charge is 2.33. The lowest BCUT2D eigenvalue weighted by atomic mass is 10.0. The largest absolute Gasteiger partial charge is 0.480 e. The topological polar surface area (TPSA) is 257 Å². The fraction of sp³-hybridized carbons (Fsp3) is 0.700. The number of amides is 5. The summed E-state index contributed by atoms with van der Waals surface area (Å²) in [4.78, 5) is 71.0. The fourth-order valence-corrected chi connectivity index (χ4v) is 2.88. The van der Waals surface area contributed by atoms with Gasteiger partial charge in [0.25, 0.3) is 0 Å². The third-order valence-corrected chi connectivity index (χ3v) is 4.74. The number of nitrogens with one attached hydrogen (secondary N) is 3. The first kappa shape index (κ1) is 30.7. The highest BCUT2D eigenvalue weighted by molar-refractivity contribution is 5.94. The van der Waals surface area contributed by atoms with E-state index in [9.17, 15) is 39.0 Å². The van der Waals surface area contributed by atoms with Gasteiger partial charge in [0.1, 0.15) is 18.1 Å². The Hall–Kier alpha value is -3.26. The molecule has 5 amide bonds. The highest BCUT2D eigenvalue weighted by Crippen LogP contribution is 2.08. The van der Waals surface area contributed by atoms with E-state index in [4.69, 9.17) is 17.2 Å². The minimum Gasteiger partial charge on any atom is -0.480 e. The van der Waals surface area contributed by atoms with Gasteiger partial charge in [-0.25, -0.2) is 4.79 Å². The fourth-order valence-electron chi connectivity index (χ4n) is 2.88. The number of aliphatic hydroxyl groups is 1. The van der Waals surface area contributed by atoms with Crippen LogP contribution in [0.1, 0.15) is 52.9 Å². The van der Waals surface area contributed by atoms with E-state index in [2.05, 4.69) is 16.0 Å². The van der Waals surface area contributed by atoms with Gasteiger partial charge in [-0.2, -0.15) is 0 Å². The Morgan fingerprint density at radius 2 is 1.26 bits per heavy atom. The van der Waals surface area contributed by atoms with Crippen LogP contribution in [0, 0.1) is 5.92 Å². The molecule has 34 heavy (non-hydrogen) atoms. The molecule has 0 bridgehead atoms. The van der Waals surface area contributed by atoms with Crippen molar-refractivity contribution in [3.63, 3.8) is 0 Å². The smallest absolute Gasteiger partial charge is 0.326 e. The number of hydrogen-bond acceptors (Lipinski definition) is 8. The van der Waals surface area contributed by atoms with Gasteiger partial charge < -0.3 is 43.4 Å². The van der Waals surface area contributed by atoms with E-state index in [1.807, 2.05) is 0 Å². The van der Waals surface area contributed by atoms with E-state index in [0.717, 1.165) is 0 Å². The minimum absolute atomic E-state index is 0.0300. The van der Waals surface area contributed by atoms with Gasteiger partial charge in [-0.05, 0) is 32.1 Å². The van der Waals surface area contributed by atoms with Crippen LogP contribution in [0.5, 0.6) is 0 Å². The Morgan fingerprint density at radius 3 is 1.71 bits per heavy atom. The molecule has 0 saturated carbocycles. The van der Waals surface area contributed by atoms with Gasteiger partial charge >= 0.3 is 5.97 Å². The first-order valence-electron chi connectivity index (χ1n) is 10.8. The molecule has 0 aliphatic rings. The van der Waals surface area contributed by atoms with E-state index < -0.39 is 65.8 Å². The summed E-state index contributed by atoms with van der Waals surface area (Å²) in [5.41, 5.74) is 15.8. The van der Waals surface area contributed by atoms with Gasteiger partial charge in [0.15, 0.2) is 0 Å². The number of rotatable bonds is 16. The maximum Gasteiger partial charge on any atom is 0.326 e. The maximum absolute atomic E-state index is 12.8. The number of hydrogen-bond donors (Lipinski definition) is 8. The highest BCUT2D eigenvalue weighted by atomic mass is 16.4. The quantitative estimate of drug-likeness (QED) is 0.109. The molecule has 5 unspecified atom stereocenters. The van der Waals surface area contributed by atoms with E-state index in [1.165, 1.54) is 6.92 Å². The summed E-state index contributed by atoms with van der Waals surface area (Å²) >= 11 is 0. The number of aliphatic hydroxyl groups excluding tert-OH is 1. The maximum atomic E-state index is 12.8. The molecule has 0 aliphatic heterocycles. The van der Waals surface area contributed by atoms with E-state index in [0.29, 0.717) is 0 Å². The second-order valence-electron chi connectivity index (χ2n) is 8.43. The molecule has 0 aliphatic carbocycles. The molecule has 0 aromatic carbocycles. The number of primary amides is 2. The molecule has 0 radical (unpaired) electrons. The van der Waals surface area contributed by atoms with Crippen LogP contribution in [-0.4, -0.2) is 76.0 Å². The normalized spacial score (nSPS) is 15.4. The summed E-state index contributed by atoms with van der Waals surface area (Å²) in [6, 6.07) is -5.27. The first-order valence-corrected chi connectivity index (χ1v) is 10.8. The van der Waals surface area contributed by atoms with Crippen LogP contribution >= 0.6 is 0 Å². The van der Waals surface area contributed by atoms with Crippen molar-refractivity contribution >= 4 is 35.5 Å². The number of carbonyl (C=O) groups is 6. The van der Waals surface area contributed by atoms with Gasteiger partial charge in [-0.1, -0.05) is 13.8 Å². The average molecular weight is 489 g/mol. The Bertz CT molecular complexity index is 757. The van der Waals surface area contributed by atoms with Gasteiger partial charge in [0.05, 0.1) is 12.1 Å². The number of carboxylic acids is 1. The predicted octanol–water partition coefficient (Wildman–Crippen LogP) is -3.19. The molecule has 0 saturated heterocycles. The van der Waals surface area contributed by atoms with Gasteiger partial charge in [0.2, 0.25) is 29.5 Å². The SMILES string of the molecule is CC(C)CC(NC(=O)C(N)CCC(N)=O)C(=O)NC(C(=O)NC(CCC(N)=O)C(=O)O)C(C)O. The van der Waals surface area contributed by atoms with Crippen LogP contribution in [0.2, 0.25) is 0 Å². The predicted molar refractivity (Wildman–Crippen MR) is 119 cm³/mol. The Morgan fingerprint density at radius 1 is 0.765 bits per heavy atom. The summed E-state index contributed by atoms with van der Waals surface area (Å²) in [6.45, 7) is 4.78. The first-order chi connectivity index (χ1) is 15.6. The van der Waals surface area contributed by atoms with E-state index >= 15 is 0 Å². The van der Waals surface area contributed by atoms with Crippen LogP contribution in [0.25, 0.3) is 0 Å². The van der Waals surface area contributed by atoms with Crippen LogP contribution in [0.3, 0.4) is 0 Å². The molecule has 194 valence electrons. The van der Waals surface area contributed by atoms with Crippen LogP contribution in [-0.2, 0) is 28.8 Å². The van der Waals surface area contributed by atoms with Gasteiger partial charge in [0, 0.05) is 12.8 Å². The summed E-state index contributed by atoms with van der Waals surface area (Å²) < 4.78 is 0. The lowest BCUT2D eigenvalue weighted by Crippen LogP contribution is -2.60. The Balaban J connectivity index is 5.40. The van der Waals surface area contributed by atoms with E-state index in [1.54, 1.807) is 13.8 Å². The monoisotopic (exact) mass is 488 g/mol. The van der Waals surface area contributed by atoms with Crippen molar-refractivity contribution in [3.05, 3.63) is 0 Å². The zero-order valence-electron chi connectivity index (χ0n) is 19.6. The van der Waals surface area contributed by atoms with Crippen molar-refractivity contribution in [1.82, 2.24) is 16.0 Å². The standard InChI is InChI=1S/C20H36N6O8/c1-9(2)8-13(25-17(30)11(21)4-6-14(22)28)18(31)26-16(10(3)27)19(32)24-12(20(33)34)5-7-15(23)29/h9-13,16,27H,4-8,21H2,1-3H3,(H2,22,28)(H2,23,29)(H,24,32)(H,25,30)(H,26,31)(H,33,34). The van der Waals surface area contributed by atoms with Crippen LogP contribution in [0.15, 0.2) is 0 Å². The molecule has 0 fully saturated rings. The van der Waals surface area contributed by atoms with Crippen molar-refractivity contribution < 1.29 is 39.0 Å². The van der Waals surface area contributed by atoms with Crippen molar-refractivity contribution in [2.24, 2.45) is 23.1 Å². The zero-order chi connectivity index (χ0) is 26.6. The molecule has 0 aromatic heterocycles. The molecule has 0 heterocycles. The van der Waals surface area contributed by atoms with Crippen molar-refractivity contribution in [3.8, 4) is 0 Å². The second kappa shape index (κ2) is 14.8. The number of aliphatic carboxylic acids is 1. The number of carboxylic acid groups (broad SMARTS) is 1. The summed E-state index contributed by atoms with van der Waals surface area (Å²) in [5, 5.41) is 26.2. The third-order valence-electron chi connectivity index (χ3n) is 4.74. The Labute approximate surface area is 197 Å². The molecule has 5 atom stereocenters. The summed E-state index contributed by atoms with van der Waals surface area (Å²) in [7, 11) is 0. The lowest BCUT2D eigenvalue weighted by Gasteiger charge is -2.27. The summed E-state index contributed by atoms with van der Waals surface area (Å²) in [5.74, 6) is -5.43. The van der Waals surface area contributed by atoms with Gasteiger partial charge in [-0.15, -0.1) is 0 Å². The molecular weight excluding hydrogens is 452 g/mol. The third kappa shape index (κ3) is 12.1. The van der Waals surface area contributed by atoms with Crippen LogP contribution in [0.4, 0.5) is 0 Å². The minimum atomic E-state index is -1.56. The van der Waals surface area contributed by atoms with Crippen molar-refractivity contribution in [1.29, 1.82) is 0 Å². The molecule has 0 rings (SSSR count). The molecule has 0 spiro atoms. The van der Waals surface area contributed by atoms with E-state index in [-0.39, 0.29) is 38.0 Å². The molecule has 14 heteroatoms. The van der Waals surface area contributed by atoms with Crippen molar-refractivity contribution in [2.45, 2.75) is 83.1 Å². The van der Waals surface area contributed by atoms with Gasteiger partial charge in [-0.3, -0.25) is 24.0 Å². The molecule has 11 N–H and O–H groups in total. The molecular formula is C20H36N6O8.